The molecule has 0 atom stereocenters. The Morgan fingerprint density at radius 1 is 1.38 bits per heavy atom. The zero-order valence-corrected chi connectivity index (χ0v) is 13.9. The largest absolute Gasteiger partial charge is 0.310 e. The first-order chi connectivity index (χ1) is 10.2. The highest BCUT2D eigenvalue weighted by atomic mass is 32.2. The van der Waals surface area contributed by atoms with Crippen molar-refractivity contribution in [3.8, 4) is 0 Å². The summed E-state index contributed by atoms with van der Waals surface area (Å²) < 4.78 is 1.27. The van der Waals surface area contributed by atoms with Gasteiger partial charge in [0, 0.05) is 11.8 Å². The fraction of sp³-hybridized carbons (Fsp3) is 0.357. The number of thiophene rings is 1. The lowest BCUT2D eigenvalue weighted by Crippen LogP contribution is -2.13. The van der Waals surface area contributed by atoms with Crippen LogP contribution < -0.4 is 5.56 Å². The summed E-state index contributed by atoms with van der Waals surface area (Å²) in [6, 6.07) is 0. The maximum Gasteiger partial charge on any atom is 0.259 e. The maximum absolute atomic E-state index is 12.4. The summed E-state index contributed by atoms with van der Waals surface area (Å²) in [5.41, 5.74) is 2.17. The highest BCUT2D eigenvalue weighted by molar-refractivity contribution is 8.01. The Kier molecular flexibility index (Phi) is 3.35. The van der Waals surface area contributed by atoms with Gasteiger partial charge in [-0.15, -0.1) is 34.4 Å². The first-order valence-corrected chi connectivity index (χ1v) is 9.47. The molecule has 21 heavy (non-hydrogen) atoms. The number of thioether (sulfide) groups is 1. The van der Waals surface area contributed by atoms with Crippen molar-refractivity contribution in [2.24, 2.45) is 0 Å². The van der Waals surface area contributed by atoms with Gasteiger partial charge in [0.15, 0.2) is 0 Å². The Bertz CT molecular complexity index is 877. The van der Waals surface area contributed by atoms with Crippen molar-refractivity contribution in [2.45, 2.75) is 30.4 Å². The number of aryl methyl sites for hydroxylation is 2. The standard InChI is InChI=1S/C14H13N3OS3/c1-7-15-8(6-20-7)5-10-16-12(18)11-9-3-2-4-19-14(9)21-13(11)17-10/h6H,2-5H2,1H3,(H,16,17,18). The van der Waals surface area contributed by atoms with E-state index in [1.807, 2.05) is 24.1 Å². The fourth-order valence-corrected chi connectivity index (χ4v) is 5.75. The molecule has 4 heterocycles. The van der Waals surface area contributed by atoms with Crippen LogP contribution in [0.15, 0.2) is 14.4 Å². The first-order valence-electron chi connectivity index (χ1n) is 6.79. The van der Waals surface area contributed by atoms with Crippen LogP contribution in [0.25, 0.3) is 10.2 Å². The van der Waals surface area contributed by atoms with Gasteiger partial charge in [-0.2, -0.15) is 0 Å². The minimum absolute atomic E-state index is 0.00181. The lowest BCUT2D eigenvalue weighted by molar-refractivity contribution is 0.905. The molecule has 0 unspecified atom stereocenters. The van der Waals surface area contributed by atoms with Crippen LogP contribution in [0.3, 0.4) is 0 Å². The Morgan fingerprint density at radius 3 is 3.10 bits per heavy atom. The van der Waals surface area contributed by atoms with E-state index < -0.39 is 0 Å². The number of nitrogens with one attached hydrogen (secondary N) is 1. The number of nitrogens with zero attached hydrogens (tertiary/aromatic N) is 2. The first kappa shape index (κ1) is 13.5. The summed E-state index contributed by atoms with van der Waals surface area (Å²) in [6.07, 6.45) is 2.73. The van der Waals surface area contributed by atoms with Gasteiger partial charge in [0.1, 0.15) is 10.7 Å². The Hall–Kier alpha value is -1.18. The highest BCUT2D eigenvalue weighted by Crippen LogP contribution is 2.40. The zero-order chi connectivity index (χ0) is 14.4. The molecule has 1 aliphatic rings. The number of fused-ring (bicyclic) bond motifs is 3. The van der Waals surface area contributed by atoms with Crippen LogP contribution in [0.1, 0.15) is 28.5 Å². The van der Waals surface area contributed by atoms with Gasteiger partial charge in [0.2, 0.25) is 0 Å². The normalized spacial score (nSPS) is 14.5. The van der Waals surface area contributed by atoms with Gasteiger partial charge < -0.3 is 4.98 Å². The van der Waals surface area contributed by atoms with Crippen molar-refractivity contribution in [3.05, 3.63) is 37.8 Å². The molecule has 1 aliphatic heterocycles. The number of hydrogen-bond acceptors (Lipinski definition) is 6. The summed E-state index contributed by atoms with van der Waals surface area (Å²) >= 11 is 5.13. The van der Waals surface area contributed by atoms with E-state index in [-0.39, 0.29) is 5.56 Å². The van der Waals surface area contributed by atoms with Crippen molar-refractivity contribution in [1.29, 1.82) is 0 Å². The van der Waals surface area contributed by atoms with Crippen LogP contribution >= 0.6 is 34.4 Å². The molecule has 4 rings (SSSR count). The minimum Gasteiger partial charge on any atom is -0.310 e. The second-order valence-electron chi connectivity index (χ2n) is 5.05. The summed E-state index contributed by atoms with van der Waals surface area (Å²) in [5.74, 6) is 1.85. The molecular weight excluding hydrogens is 322 g/mol. The zero-order valence-electron chi connectivity index (χ0n) is 11.4. The molecule has 1 N–H and O–H groups in total. The molecule has 0 saturated heterocycles. The maximum atomic E-state index is 12.4. The molecule has 0 bridgehead atoms. The molecule has 0 aromatic carbocycles. The van der Waals surface area contributed by atoms with Gasteiger partial charge in [-0.1, -0.05) is 0 Å². The molecule has 0 saturated carbocycles. The van der Waals surface area contributed by atoms with E-state index in [1.165, 1.54) is 9.77 Å². The van der Waals surface area contributed by atoms with Crippen molar-refractivity contribution < 1.29 is 0 Å². The van der Waals surface area contributed by atoms with Crippen molar-refractivity contribution >= 4 is 44.7 Å². The molecule has 0 fully saturated rings. The van der Waals surface area contributed by atoms with E-state index >= 15 is 0 Å². The third kappa shape index (κ3) is 2.43. The second-order valence-corrected chi connectivity index (χ2v) is 8.47. The number of thiazole rings is 1. The summed E-state index contributed by atoms with van der Waals surface area (Å²) in [6.45, 7) is 1.98. The van der Waals surface area contributed by atoms with Crippen molar-refractivity contribution in [2.75, 3.05) is 5.75 Å². The van der Waals surface area contributed by atoms with E-state index in [0.29, 0.717) is 12.2 Å². The van der Waals surface area contributed by atoms with Crippen LogP contribution in [-0.4, -0.2) is 20.7 Å². The quantitative estimate of drug-likeness (QED) is 0.780. The topological polar surface area (TPSA) is 58.6 Å². The SMILES string of the molecule is Cc1nc(Cc2nc3sc4c(c3c(=O)[nH]2)CCCS4)cs1. The summed E-state index contributed by atoms with van der Waals surface area (Å²) in [5, 5.41) is 3.87. The minimum atomic E-state index is 0.00181. The molecule has 0 spiro atoms. The predicted molar refractivity (Wildman–Crippen MR) is 88.9 cm³/mol. The molecule has 0 amide bonds. The number of rotatable bonds is 2. The van der Waals surface area contributed by atoms with E-state index in [2.05, 4.69) is 15.0 Å². The van der Waals surface area contributed by atoms with Gasteiger partial charge in [0.25, 0.3) is 5.56 Å². The van der Waals surface area contributed by atoms with Gasteiger partial charge in [0.05, 0.1) is 20.3 Å². The van der Waals surface area contributed by atoms with Gasteiger partial charge in [-0.05, 0) is 31.1 Å². The highest BCUT2D eigenvalue weighted by Gasteiger charge is 2.20. The lowest BCUT2D eigenvalue weighted by Gasteiger charge is -2.09. The smallest absolute Gasteiger partial charge is 0.259 e. The molecular formula is C14H13N3OS3. The molecule has 0 radical (unpaired) electrons. The van der Waals surface area contributed by atoms with E-state index in [0.717, 1.165) is 39.5 Å². The Morgan fingerprint density at radius 2 is 2.29 bits per heavy atom. The number of aromatic amines is 1. The Balaban J connectivity index is 1.80. The van der Waals surface area contributed by atoms with Crippen LogP contribution in [0, 0.1) is 6.92 Å². The van der Waals surface area contributed by atoms with Gasteiger partial charge >= 0.3 is 0 Å². The van der Waals surface area contributed by atoms with E-state index in [1.54, 1.807) is 22.7 Å². The predicted octanol–water partition coefficient (Wildman–Crippen LogP) is 3.38. The van der Waals surface area contributed by atoms with Crippen LogP contribution in [0.2, 0.25) is 0 Å². The van der Waals surface area contributed by atoms with Crippen LogP contribution in [0.4, 0.5) is 0 Å². The molecule has 7 heteroatoms. The van der Waals surface area contributed by atoms with Gasteiger partial charge in [-0.25, -0.2) is 9.97 Å². The molecule has 3 aromatic heterocycles. The summed E-state index contributed by atoms with van der Waals surface area (Å²) in [4.78, 5) is 25.3. The van der Waals surface area contributed by atoms with Crippen LogP contribution in [-0.2, 0) is 12.8 Å². The number of hydrogen-bond donors (Lipinski definition) is 1. The average Bonchev–Trinajstić information content (AvgIpc) is 3.02. The lowest BCUT2D eigenvalue weighted by atomic mass is 10.1. The fourth-order valence-electron chi connectivity index (χ4n) is 2.59. The van der Waals surface area contributed by atoms with Crippen molar-refractivity contribution in [1.82, 2.24) is 15.0 Å². The summed E-state index contributed by atoms with van der Waals surface area (Å²) in [7, 11) is 0. The molecule has 108 valence electrons. The van der Waals surface area contributed by atoms with E-state index in [4.69, 9.17) is 0 Å². The van der Waals surface area contributed by atoms with E-state index in [9.17, 15) is 4.79 Å². The average molecular weight is 335 g/mol. The Labute approximate surface area is 133 Å². The van der Waals surface area contributed by atoms with Gasteiger partial charge in [-0.3, -0.25) is 4.79 Å². The van der Waals surface area contributed by atoms with Crippen molar-refractivity contribution in [3.63, 3.8) is 0 Å². The molecule has 0 aliphatic carbocycles. The van der Waals surface area contributed by atoms with Crippen LogP contribution in [0.5, 0.6) is 0 Å². The third-order valence-electron chi connectivity index (χ3n) is 3.49. The molecule has 3 aromatic rings. The number of aromatic nitrogens is 3. The monoisotopic (exact) mass is 335 g/mol. The second kappa shape index (κ2) is 5.23. The number of H-pyrrole nitrogens is 1. The molecule has 4 nitrogen and oxygen atoms in total. The third-order valence-corrected chi connectivity index (χ3v) is 6.84.